The summed E-state index contributed by atoms with van der Waals surface area (Å²) in [5.74, 6) is 0.953. The minimum Gasteiger partial charge on any atom is -0.467 e. The fourth-order valence-corrected chi connectivity index (χ4v) is 4.22. The van der Waals surface area contributed by atoms with Crippen molar-refractivity contribution in [1.29, 1.82) is 0 Å². The van der Waals surface area contributed by atoms with Gasteiger partial charge in [0.25, 0.3) is 0 Å². The van der Waals surface area contributed by atoms with Crippen LogP contribution in [0.3, 0.4) is 0 Å². The predicted octanol–water partition coefficient (Wildman–Crippen LogP) is 4.16. The molecule has 3 heterocycles. The van der Waals surface area contributed by atoms with E-state index in [4.69, 9.17) is 16.0 Å². The number of hydrogen-bond donors (Lipinski definition) is 1. The largest absolute Gasteiger partial charge is 0.467 e. The summed E-state index contributed by atoms with van der Waals surface area (Å²) in [6.45, 7) is 5.57. The summed E-state index contributed by atoms with van der Waals surface area (Å²) in [7, 11) is 0. The van der Waals surface area contributed by atoms with Crippen LogP contribution in [0.2, 0.25) is 4.34 Å². The van der Waals surface area contributed by atoms with E-state index in [9.17, 15) is 0 Å². The Morgan fingerprint density at radius 1 is 1.48 bits per heavy atom. The van der Waals surface area contributed by atoms with Gasteiger partial charge in [-0.25, -0.2) is 0 Å². The van der Waals surface area contributed by atoms with E-state index in [1.165, 1.54) is 24.3 Å². The maximum atomic E-state index is 6.09. The highest BCUT2D eigenvalue weighted by atomic mass is 35.5. The molecule has 0 amide bonds. The second-order valence-corrected chi connectivity index (χ2v) is 7.17. The van der Waals surface area contributed by atoms with Gasteiger partial charge in [-0.2, -0.15) is 0 Å². The third kappa shape index (κ3) is 3.51. The van der Waals surface area contributed by atoms with Crippen LogP contribution in [0, 0.1) is 0 Å². The Kier molecular flexibility index (Phi) is 5.01. The van der Waals surface area contributed by atoms with Gasteiger partial charge in [0.15, 0.2) is 0 Å². The molecule has 0 aliphatic carbocycles. The Bertz CT molecular complexity index is 554. The van der Waals surface area contributed by atoms with E-state index in [2.05, 4.69) is 23.2 Å². The van der Waals surface area contributed by atoms with Gasteiger partial charge in [0.05, 0.1) is 10.6 Å². The predicted molar refractivity (Wildman–Crippen MR) is 88.2 cm³/mol. The molecule has 114 valence electrons. The summed E-state index contributed by atoms with van der Waals surface area (Å²) in [6.07, 6.45) is 4.31. The average Bonchev–Trinajstić information content (AvgIpc) is 3.21. The molecule has 1 saturated heterocycles. The van der Waals surface area contributed by atoms with Crippen molar-refractivity contribution in [3.63, 3.8) is 0 Å². The molecule has 0 spiro atoms. The Balaban J connectivity index is 1.71. The molecule has 2 aromatic rings. The van der Waals surface area contributed by atoms with E-state index in [0.29, 0.717) is 6.04 Å². The number of nitrogens with one attached hydrogen (secondary N) is 1. The van der Waals surface area contributed by atoms with E-state index >= 15 is 0 Å². The van der Waals surface area contributed by atoms with E-state index in [-0.39, 0.29) is 6.04 Å². The fourth-order valence-electron chi connectivity index (χ4n) is 3.08. The zero-order valence-corrected chi connectivity index (χ0v) is 13.8. The number of halogens is 1. The van der Waals surface area contributed by atoms with Crippen molar-refractivity contribution in [3.05, 3.63) is 45.5 Å². The minimum atomic E-state index is 0.0943. The molecule has 21 heavy (non-hydrogen) atoms. The molecular formula is C16H21ClN2OS. The van der Waals surface area contributed by atoms with Crippen molar-refractivity contribution >= 4 is 22.9 Å². The maximum Gasteiger partial charge on any atom is 0.126 e. The Morgan fingerprint density at radius 3 is 3.05 bits per heavy atom. The van der Waals surface area contributed by atoms with Gasteiger partial charge in [-0.3, -0.25) is 4.90 Å². The van der Waals surface area contributed by atoms with Crippen LogP contribution < -0.4 is 5.32 Å². The number of rotatable bonds is 6. The van der Waals surface area contributed by atoms with Crippen molar-refractivity contribution in [3.8, 4) is 0 Å². The van der Waals surface area contributed by atoms with Crippen molar-refractivity contribution in [2.24, 2.45) is 0 Å². The van der Waals surface area contributed by atoms with Crippen molar-refractivity contribution in [2.45, 2.75) is 31.8 Å². The molecule has 2 atom stereocenters. The molecule has 2 unspecified atom stereocenters. The van der Waals surface area contributed by atoms with Crippen LogP contribution in [0.25, 0.3) is 0 Å². The van der Waals surface area contributed by atoms with Crippen molar-refractivity contribution in [2.75, 3.05) is 19.6 Å². The van der Waals surface area contributed by atoms with Crippen molar-refractivity contribution in [1.82, 2.24) is 10.2 Å². The Hall–Kier alpha value is -0.810. The van der Waals surface area contributed by atoms with Gasteiger partial charge in [-0.15, -0.1) is 11.3 Å². The monoisotopic (exact) mass is 324 g/mol. The van der Waals surface area contributed by atoms with Gasteiger partial charge in [-0.1, -0.05) is 18.5 Å². The number of thiophene rings is 1. The summed E-state index contributed by atoms with van der Waals surface area (Å²) in [5.41, 5.74) is 0. The molecular weight excluding hydrogens is 304 g/mol. The lowest BCUT2D eigenvalue weighted by Crippen LogP contribution is -2.39. The summed E-state index contributed by atoms with van der Waals surface area (Å²) in [5, 5.41) is 3.67. The van der Waals surface area contributed by atoms with Crippen LogP contribution in [-0.2, 0) is 0 Å². The van der Waals surface area contributed by atoms with Crippen LogP contribution in [0.1, 0.15) is 36.4 Å². The van der Waals surface area contributed by atoms with E-state index in [1.807, 2.05) is 18.2 Å². The van der Waals surface area contributed by atoms with Gasteiger partial charge in [0.1, 0.15) is 11.8 Å². The molecule has 5 heteroatoms. The number of furan rings is 1. The van der Waals surface area contributed by atoms with Gasteiger partial charge < -0.3 is 9.73 Å². The molecule has 0 saturated carbocycles. The number of hydrogen-bond acceptors (Lipinski definition) is 4. The Labute approximate surface area is 134 Å². The molecule has 0 aromatic carbocycles. The van der Waals surface area contributed by atoms with Crippen LogP contribution >= 0.6 is 22.9 Å². The van der Waals surface area contributed by atoms with Crippen LogP contribution in [0.4, 0.5) is 0 Å². The third-order valence-corrected chi connectivity index (χ3v) is 5.47. The van der Waals surface area contributed by atoms with E-state index in [1.54, 1.807) is 17.6 Å². The lowest BCUT2D eigenvalue weighted by atomic mass is 10.1. The maximum absolute atomic E-state index is 6.09. The molecule has 0 bridgehead atoms. The highest BCUT2D eigenvalue weighted by Crippen LogP contribution is 2.31. The first-order valence-corrected chi connectivity index (χ1v) is 8.73. The highest BCUT2D eigenvalue weighted by Gasteiger charge is 2.25. The van der Waals surface area contributed by atoms with Crippen LogP contribution in [0.15, 0.2) is 34.9 Å². The average molecular weight is 325 g/mol. The molecule has 1 fully saturated rings. The fraction of sp³-hybridized carbons (Fsp3) is 0.500. The Morgan fingerprint density at radius 2 is 2.38 bits per heavy atom. The molecule has 3 rings (SSSR count). The molecule has 1 aliphatic rings. The van der Waals surface area contributed by atoms with Crippen LogP contribution in [-0.4, -0.2) is 30.6 Å². The zero-order chi connectivity index (χ0) is 14.7. The number of likely N-dealkylation sites (tertiary alicyclic amines) is 1. The van der Waals surface area contributed by atoms with Gasteiger partial charge >= 0.3 is 0 Å². The molecule has 0 radical (unpaired) electrons. The third-order valence-electron chi connectivity index (χ3n) is 4.17. The number of likely N-dealkylation sites (N-methyl/N-ethyl adjacent to an activating group) is 1. The second kappa shape index (κ2) is 6.97. The highest BCUT2D eigenvalue weighted by molar-refractivity contribution is 7.16. The summed E-state index contributed by atoms with van der Waals surface area (Å²) >= 11 is 7.70. The zero-order valence-electron chi connectivity index (χ0n) is 12.2. The topological polar surface area (TPSA) is 28.4 Å². The van der Waals surface area contributed by atoms with Gasteiger partial charge in [0.2, 0.25) is 0 Å². The number of nitrogens with zero attached hydrogens (tertiary/aromatic N) is 1. The standard InChI is InChI=1S/C16H21ClN2OS/c1-2-19-9-3-5-12(19)11-18-16(13-6-4-10-20-13)14-7-8-15(17)21-14/h4,6-8,10,12,16,18H,2-3,5,9,11H2,1H3. The van der Waals surface area contributed by atoms with Gasteiger partial charge in [-0.05, 0) is 50.2 Å². The van der Waals surface area contributed by atoms with Crippen molar-refractivity contribution < 1.29 is 4.42 Å². The SMILES string of the molecule is CCN1CCCC1CNC(c1ccco1)c1ccc(Cl)s1. The van der Waals surface area contributed by atoms with E-state index in [0.717, 1.165) is 23.2 Å². The smallest absolute Gasteiger partial charge is 0.126 e. The minimum absolute atomic E-state index is 0.0943. The molecule has 1 aliphatic heterocycles. The van der Waals surface area contributed by atoms with E-state index < -0.39 is 0 Å². The normalized spacial score (nSPS) is 21.0. The molecule has 2 aromatic heterocycles. The summed E-state index contributed by atoms with van der Waals surface area (Å²) in [6, 6.07) is 8.72. The lowest BCUT2D eigenvalue weighted by molar-refractivity contribution is 0.254. The molecule has 3 nitrogen and oxygen atoms in total. The van der Waals surface area contributed by atoms with Gasteiger partial charge in [0, 0.05) is 17.5 Å². The first-order valence-electron chi connectivity index (χ1n) is 7.54. The quantitative estimate of drug-likeness (QED) is 0.865. The first kappa shape index (κ1) is 15.1. The first-order chi connectivity index (χ1) is 10.3. The second-order valence-electron chi connectivity index (χ2n) is 5.42. The summed E-state index contributed by atoms with van der Waals surface area (Å²) < 4.78 is 6.43. The molecule has 1 N–H and O–H groups in total. The summed E-state index contributed by atoms with van der Waals surface area (Å²) in [4.78, 5) is 3.75. The van der Waals surface area contributed by atoms with Crippen LogP contribution in [0.5, 0.6) is 0 Å². The lowest BCUT2D eigenvalue weighted by Gasteiger charge is -2.25.